The molecule has 1 N–H and O–H groups in total. The molecule has 0 spiro atoms. The van der Waals surface area contributed by atoms with Crippen LogP contribution in [0.25, 0.3) is 0 Å². The monoisotopic (exact) mass is 508 g/mol. The van der Waals surface area contributed by atoms with Crippen LogP contribution in [0.4, 0.5) is 0 Å². The van der Waals surface area contributed by atoms with E-state index in [2.05, 4.69) is 15.3 Å². The first kappa shape index (κ1) is 25.3. The number of rotatable bonds is 9. The quantitative estimate of drug-likeness (QED) is 0.508. The summed E-state index contributed by atoms with van der Waals surface area (Å²) in [7, 11) is 3.13. The molecule has 1 aromatic heterocycles. The highest BCUT2D eigenvalue weighted by Crippen LogP contribution is 2.46. The third kappa shape index (κ3) is 5.23. The molecule has 1 atom stereocenters. The maximum absolute atomic E-state index is 13.1. The summed E-state index contributed by atoms with van der Waals surface area (Å²) < 4.78 is 16.3. The van der Waals surface area contributed by atoms with Crippen LogP contribution in [0.15, 0.2) is 70.0 Å². The lowest BCUT2D eigenvalue weighted by Gasteiger charge is -2.36. The van der Waals surface area contributed by atoms with E-state index in [-0.39, 0.29) is 18.9 Å². The van der Waals surface area contributed by atoms with Crippen LogP contribution in [0.5, 0.6) is 11.5 Å². The number of aliphatic imine (C=N–C) groups is 1. The van der Waals surface area contributed by atoms with Crippen LogP contribution in [0, 0.1) is 0 Å². The molecule has 0 unspecified atom stereocenters. The number of hydrogen-bond acceptors (Lipinski definition) is 9. The Bertz CT molecular complexity index is 1240. The van der Waals surface area contributed by atoms with Crippen molar-refractivity contribution in [3.8, 4) is 11.5 Å². The van der Waals surface area contributed by atoms with Gasteiger partial charge in [-0.05, 0) is 49.1 Å². The van der Waals surface area contributed by atoms with E-state index in [1.165, 1.54) is 11.8 Å². The summed E-state index contributed by atoms with van der Waals surface area (Å²) >= 11 is 1.42. The highest BCUT2D eigenvalue weighted by molar-refractivity contribution is 8.16. The number of carbonyl (C=O) groups is 2. The average Bonchev–Trinajstić information content (AvgIpc) is 3.28. The van der Waals surface area contributed by atoms with Crippen LogP contribution in [-0.4, -0.2) is 47.8 Å². The van der Waals surface area contributed by atoms with Gasteiger partial charge >= 0.3 is 5.97 Å². The van der Waals surface area contributed by atoms with Crippen LogP contribution < -0.4 is 14.8 Å². The number of methoxy groups -OCH3 is 2. The number of esters is 1. The number of ether oxygens (including phenoxy) is 3. The highest BCUT2D eigenvalue weighted by Gasteiger charge is 2.41. The normalized spacial score (nSPS) is 16.7. The molecule has 1 amide bonds. The van der Waals surface area contributed by atoms with Crippen molar-refractivity contribution in [2.75, 3.05) is 20.8 Å². The number of amides is 1. The van der Waals surface area contributed by atoms with Crippen molar-refractivity contribution in [2.24, 2.45) is 4.99 Å². The van der Waals surface area contributed by atoms with Gasteiger partial charge in [-0.25, -0.2) is 9.79 Å². The number of pyridine rings is 1. The Morgan fingerprint density at radius 3 is 2.64 bits per heavy atom. The van der Waals surface area contributed by atoms with Gasteiger partial charge in [-0.15, -0.1) is 0 Å². The fourth-order valence-electron chi connectivity index (χ4n) is 4.10. The summed E-state index contributed by atoms with van der Waals surface area (Å²) in [5.41, 5.74) is 3.26. The Balaban J connectivity index is 1.66. The predicted molar refractivity (Wildman–Crippen MR) is 137 cm³/mol. The number of hydrogen-bond donors (Lipinski definition) is 1. The van der Waals surface area contributed by atoms with E-state index in [0.717, 1.165) is 17.0 Å². The van der Waals surface area contributed by atoms with Crippen molar-refractivity contribution in [1.82, 2.24) is 15.2 Å². The van der Waals surface area contributed by atoms with Crippen LogP contribution in [-0.2, 0) is 20.9 Å². The first-order chi connectivity index (χ1) is 17.5. The second-order valence-electron chi connectivity index (χ2n) is 8.00. The fraction of sp³-hybridized carbons (Fsp3) is 0.308. The lowest BCUT2D eigenvalue weighted by atomic mass is 9.93. The molecule has 2 aliphatic heterocycles. The first-order valence-electron chi connectivity index (χ1n) is 11.5. The van der Waals surface area contributed by atoms with Crippen LogP contribution in [0.3, 0.4) is 0 Å². The third-order valence-electron chi connectivity index (χ3n) is 5.75. The molecule has 0 bridgehead atoms. The number of carbonyl (C=O) groups excluding carboxylic acids is 2. The van der Waals surface area contributed by atoms with Gasteiger partial charge in [0.25, 0.3) is 0 Å². The zero-order valence-corrected chi connectivity index (χ0v) is 21.4. The van der Waals surface area contributed by atoms with Gasteiger partial charge in [0.1, 0.15) is 0 Å². The largest absolute Gasteiger partial charge is 0.493 e. The van der Waals surface area contributed by atoms with Gasteiger partial charge < -0.3 is 24.4 Å². The van der Waals surface area contributed by atoms with Gasteiger partial charge in [-0.2, -0.15) is 0 Å². The van der Waals surface area contributed by atoms with Gasteiger partial charge in [-0.1, -0.05) is 23.9 Å². The number of aromatic nitrogens is 1. The van der Waals surface area contributed by atoms with E-state index in [1.807, 2.05) is 40.6 Å². The molecule has 0 saturated carbocycles. The lowest BCUT2D eigenvalue weighted by molar-refractivity contribution is -0.139. The molecule has 0 saturated heterocycles. The molecule has 0 fully saturated rings. The molecule has 10 heteroatoms. The van der Waals surface area contributed by atoms with Gasteiger partial charge in [-0.3, -0.25) is 9.78 Å². The molecule has 2 aliphatic rings. The smallest absolute Gasteiger partial charge is 0.338 e. The molecule has 2 aromatic rings. The Labute approximate surface area is 214 Å². The van der Waals surface area contributed by atoms with E-state index in [1.54, 1.807) is 40.3 Å². The molecule has 188 valence electrons. The number of thioether (sulfide) groups is 1. The predicted octanol–water partition coefficient (Wildman–Crippen LogP) is 3.94. The van der Waals surface area contributed by atoms with E-state index >= 15 is 0 Å². The Morgan fingerprint density at radius 2 is 1.94 bits per heavy atom. The third-order valence-corrected chi connectivity index (χ3v) is 6.64. The second-order valence-corrected chi connectivity index (χ2v) is 8.84. The van der Waals surface area contributed by atoms with E-state index in [9.17, 15) is 9.59 Å². The molecular weight excluding hydrogens is 480 g/mol. The summed E-state index contributed by atoms with van der Waals surface area (Å²) in [5.74, 6) is 0.493. The van der Waals surface area contributed by atoms with E-state index in [0.29, 0.717) is 34.5 Å². The number of amidine groups is 1. The topological polar surface area (TPSA) is 102 Å². The van der Waals surface area contributed by atoms with E-state index < -0.39 is 12.0 Å². The molecule has 0 aliphatic carbocycles. The number of allylic oxidation sites excluding steroid dienone is 1. The highest BCUT2D eigenvalue weighted by atomic mass is 32.2. The second kappa shape index (κ2) is 11.3. The van der Waals surface area contributed by atoms with Gasteiger partial charge in [0.15, 0.2) is 16.7 Å². The van der Waals surface area contributed by atoms with Crippen LogP contribution >= 0.6 is 11.8 Å². The minimum Gasteiger partial charge on any atom is -0.493 e. The number of fused-ring (bicyclic) bond motifs is 1. The van der Waals surface area contributed by atoms with Crippen LogP contribution in [0.1, 0.15) is 37.6 Å². The van der Waals surface area contributed by atoms with Crippen molar-refractivity contribution >= 4 is 28.8 Å². The summed E-state index contributed by atoms with van der Waals surface area (Å²) in [5, 5.41) is 5.50. The Morgan fingerprint density at radius 1 is 1.14 bits per heavy atom. The standard InChI is InChI=1S/C26H28N4O5S/c1-5-35-25(32)23-16(2)29-26-30(24(23)17-9-10-20(33-3)21(12-17)34-4)19(15-36-26)13-22(31)28-14-18-8-6-7-11-27-18/h6-12,15,24H,5,13-14H2,1-4H3,(H,28,31)/t24-/m0/s1. The van der Waals surface area contributed by atoms with E-state index in [4.69, 9.17) is 14.2 Å². The summed E-state index contributed by atoms with van der Waals surface area (Å²) in [4.78, 5) is 36.8. The molecule has 3 heterocycles. The van der Waals surface area contributed by atoms with Crippen molar-refractivity contribution in [3.05, 3.63) is 76.2 Å². The number of nitrogens with one attached hydrogen (secondary N) is 1. The zero-order valence-electron chi connectivity index (χ0n) is 20.6. The van der Waals surface area contributed by atoms with Gasteiger partial charge in [0, 0.05) is 11.9 Å². The minimum atomic E-state index is -0.554. The molecule has 0 radical (unpaired) electrons. The molecule has 36 heavy (non-hydrogen) atoms. The average molecular weight is 509 g/mol. The maximum atomic E-state index is 13.1. The SMILES string of the molecule is CCOC(=O)C1=C(C)N=C2SC=C(CC(=O)NCc3ccccn3)N2[C@H]1c1ccc(OC)c(OC)c1. The van der Waals surface area contributed by atoms with Crippen molar-refractivity contribution in [1.29, 1.82) is 0 Å². The van der Waals surface area contributed by atoms with Gasteiger partial charge in [0.05, 0.1) is 56.8 Å². The molecule has 4 rings (SSSR count). The minimum absolute atomic E-state index is 0.109. The molecule has 9 nitrogen and oxygen atoms in total. The lowest BCUT2D eigenvalue weighted by Crippen LogP contribution is -2.38. The number of nitrogens with zero attached hydrogens (tertiary/aromatic N) is 3. The van der Waals surface area contributed by atoms with Gasteiger partial charge in [0.2, 0.25) is 5.91 Å². The maximum Gasteiger partial charge on any atom is 0.338 e. The Hall–Kier alpha value is -3.79. The van der Waals surface area contributed by atoms with Crippen molar-refractivity contribution < 1.29 is 23.8 Å². The fourth-order valence-corrected chi connectivity index (χ4v) is 5.06. The molecular formula is C26H28N4O5S. The van der Waals surface area contributed by atoms with Crippen LogP contribution in [0.2, 0.25) is 0 Å². The molecule has 1 aromatic carbocycles. The Kier molecular flexibility index (Phi) is 7.94. The summed E-state index contributed by atoms with van der Waals surface area (Å²) in [6, 6.07) is 10.5. The van der Waals surface area contributed by atoms with Crippen molar-refractivity contribution in [3.63, 3.8) is 0 Å². The summed E-state index contributed by atoms with van der Waals surface area (Å²) in [6.07, 6.45) is 1.80. The van der Waals surface area contributed by atoms with Crippen molar-refractivity contribution in [2.45, 2.75) is 32.9 Å². The first-order valence-corrected chi connectivity index (χ1v) is 12.3. The number of benzene rings is 1. The summed E-state index contributed by atoms with van der Waals surface area (Å²) in [6.45, 7) is 4.12. The zero-order chi connectivity index (χ0) is 25.7.